The smallest absolute Gasteiger partial charge is 0.0669 e. The molecular weight excluding hydrogens is 210 g/mol. The van der Waals surface area contributed by atoms with E-state index in [1.54, 1.807) is 0 Å². The van der Waals surface area contributed by atoms with Crippen LogP contribution in [0.1, 0.15) is 52.0 Å². The third-order valence-electron chi connectivity index (χ3n) is 2.97. The minimum Gasteiger partial charge on any atom is -0.310 e. The Morgan fingerprint density at radius 3 is 2.24 bits per heavy atom. The van der Waals surface area contributed by atoms with E-state index < -0.39 is 0 Å². The average Bonchev–Trinajstić information content (AvgIpc) is 2.43. The van der Waals surface area contributed by atoms with Crippen LogP contribution in [0.2, 0.25) is 0 Å². The number of aryl methyl sites for hydroxylation is 2. The average molecular weight is 237 g/mol. The van der Waals surface area contributed by atoms with Crippen molar-refractivity contribution in [2.45, 2.75) is 60.0 Å². The second-order valence-electron chi connectivity index (χ2n) is 6.31. The summed E-state index contributed by atoms with van der Waals surface area (Å²) in [4.78, 5) is 0. The van der Waals surface area contributed by atoms with Crippen LogP contribution in [0.4, 0.5) is 0 Å². The largest absolute Gasteiger partial charge is 0.310 e. The summed E-state index contributed by atoms with van der Waals surface area (Å²) in [5, 5.41) is 8.19. The Bertz CT molecular complexity index is 358. The Morgan fingerprint density at radius 1 is 1.29 bits per heavy atom. The summed E-state index contributed by atoms with van der Waals surface area (Å²) in [6.07, 6.45) is 0. The maximum atomic E-state index is 4.61. The third kappa shape index (κ3) is 4.15. The monoisotopic (exact) mass is 237 g/mol. The molecule has 1 N–H and O–H groups in total. The summed E-state index contributed by atoms with van der Waals surface area (Å²) >= 11 is 0. The summed E-state index contributed by atoms with van der Waals surface area (Å²) in [6, 6.07) is 2.56. The molecule has 1 aromatic rings. The van der Waals surface area contributed by atoms with Gasteiger partial charge in [0.2, 0.25) is 0 Å². The van der Waals surface area contributed by atoms with Crippen LogP contribution < -0.4 is 5.32 Å². The number of hydrogen-bond acceptors (Lipinski definition) is 2. The zero-order valence-corrected chi connectivity index (χ0v) is 12.3. The summed E-state index contributed by atoms with van der Waals surface area (Å²) in [5.41, 5.74) is 2.50. The van der Waals surface area contributed by atoms with E-state index in [4.69, 9.17) is 0 Å². The van der Waals surface area contributed by atoms with E-state index in [0.29, 0.717) is 12.0 Å². The van der Waals surface area contributed by atoms with Crippen LogP contribution in [-0.4, -0.2) is 21.9 Å². The molecule has 0 aliphatic carbocycles. The van der Waals surface area contributed by atoms with Gasteiger partial charge in [0.05, 0.1) is 11.7 Å². The van der Waals surface area contributed by atoms with Crippen molar-refractivity contribution in [2.75, 3.05) is 6.54 Å². The van der Waals surface area contributed by atoms with Gasteiger partial charge in [-0.25, -0.2) is 0 Å². The predicted octanol–water partition coefficient (Wildman–Crippen LogP) is 3.09. The molecule has 0 saturated carbocycles. The minimum atomic E-state index is 0.156. The highest BCUT2D eigenvalue weighted by atomic mass is 15.3. The van der Waals surface area contributed by atoms with Crippen molar-refractivity contribution >= 4 is 0 Å². The van der Waals surface area contributed by atoms with E-state index in [1.165, 1.54) is 5.69 Å². The number of hydrogen-bond donors (Lipinski definition) is 1. The molecule has 0 saturated heterocycles. The summed E-state index contributed by atoms with van der Waals surface area (Å²) in [5.74, 6) is 0.572. The first-order valence-corrected chi connectivity index (χ1v) is 6.48. The van der Waals surface area contributed by atoms with Crippen molar-refractivity contribution < 1.29 is 0 Å². The molecule has 1 atom stereocenters. The topological polar surface area (TPSA) is 29.9 Å². The molecule has 0 spiro atoms. The molecule has 1 aromatic heterocycles. The lowest BCUT2D eigenvalue weighted by Gasteiger charge is -2.28. The molecule has 0 fully saturated rings. The van der Waals surface area contributed by atoms with Crippen LogP contribution in [0.3, 0.4) is 0 Å². The molecule has 3 heteroatoms. The maximum Gasteiger partial charge on any atom is 0.0669 e. The van der Waals surface area contributed by atoms with Crippen molar-refractivity contribution in [1.29, 1.82) is 0 Å². The molecule has 0 amide bonds. The Balaban J connectivity index is 2.83. The van der Waals surface area contributed by atoms with Crippen LogP contribution in [0, 0.1) is 19.8 Å². The van der Waals surface area contributed by atoms with Crippen molar-refractivity contribution in [1.82, 2.24) is 15.1 Å². The molecule has 1 unspecified atom stereocenters. The molecular formula is C14H27N3. The van der Waals surface area contributed by atoms with Crippen molar-refractivity contribution in [3.63, 3.8) is 0 Å². The van der Waals surface area contributed by atoms with Gasteiger partial charge in [-0.3, -0.25) is 4.68 Å². The quantitative estimate of drug-likeness (QED) is 0.872. The van der Waals surface area contributed by atoms with Crippen LogP contribution >= 0.6 is 0 Å². The van der Waals surface area contributed by atoms with Crippen LogP contribution in [0.5, 0.6) is 0 Å². The fourth-order valence-electron chi connectivity index (χ4n) is 2.00. The summed E-state index contributed by atoms with van der Waals surface area (Å²) < 4.78 is 2.17. The van der Waals surface area contributed by atoms with Crippen molar-refractivity contribution in [3.05, 3.63) is 17.5 Å². The normalized spacial score (nSPS) is 14.4. The van der Waals surface area contributed by atoms with Gasteiger partial charge in [-0.15, -0.1) is 0 Å². The first kappa shape index (κ1) is 14.2. The van der Waals surface area contributed by atoms with Gasteiger partial charge in [-0.1, -0.05) is 13.8 Å². The van der Waals surface area contributed by atoms with E-state index >= 15 is 0 Å². The number of nitrogens with zero attached hydrogens (tertiary/aromatic N) is 2. The Hall–Kier alpha value is -0.830. The van der Waals surface area contributed by atoms with E-state index in [2.05, 4.69) is 69.6 Å². The SMILES string of the molecule is Cc1cc(C)n(C(CNC(C)(C)C)C(C)C)n1. The molecule has 3 nitrogen and oxygen atoms in total. The van der Waals surface area contributed by atoms with Crippen LogP contribution in [-0.2, 0) is 0 Å². The highest BCUT2D eigenvalue weighted by Gasteiger charge is 2.20. The van der Waals surface area contributed by atoms with Gasteiger partial charge >= 0.3 is 0 Å². The molecule has 17 heavy (non-hydrogen) atoms. The molecule has 0 aliphatic heterocycles. The van der Waals surface area contributed by atoms with E-state index in [-0.39, 0.29) is 5.54 Å². The van der Waals surface area contributed by atoms with Crippen molar-refractivity contribution in [3.8, 4) is 0 Å². The Morgan fingerprint density at radius 2 is 1.88 bits per heavy atom. The second kappa shape index (κ2) is 5.21. The number of nitrogens with one attached hydrogen (secondary N) is 1. The van der Waals surface area contributed by atoms with Gasteiger partial charge in [0, 0.05) is 17.8 Å². The zero-order valence-electron chi connectivity index (χ0n) is 12.3. The number of rotatable bonds is 4. The molecule has 0 radical (unpaired) electrons. The maximum absolute atomic E-state index is 4.61. The highest BCUT2D eigenvalue weighted by molar-refractivity contribution is 5.08. The van der Waals surface area contributed by atoms with Crippen molar-refractivity contribution in [2.24, 2.45) is 5.92 Å². The van der Waals surface area contributed by atoms with E-state index in [0.717, 1.165) is 12.2 Å². The van der Waals surface area contributed by atoms with Gasteiger partial charge in [0.1, 0.15) is 0 Å². The Kier molecular flexibility index (Phi) is 4.36. The first-order chi connectivity index (χ1) is 7.70. The van der Waals surface area contributed by atoms with Gasteiger partial charge < -0.3 is 5.32 Å². The highest BCUT2D eigenvalue weighted by Crippen LogP contribution is 2.19. The van der Waals surface area contributed by atoms with Gasteiger partial charge in [-0.2, -0.15) is 5.10 Å². The lowest BCUT2D eigenvalue weighted by Crippen LogP contribution is -2.41. The van der Waals surface area contributed by atoms with Gasteiger partial charge in [0.25, 0.3) is 0 Å². The van der Waals surface area contributed by atoms with E-state index in [9.17, 15) is 0 Å². The summed E-state index contributed by atoms with van der Waals surface area (Å²) in [6.45, 7) is 16.3. The zero-order chi connectivity index (χ0) is 13.2. The lowest BCUT2D eigenvalue weighted by atomic mass is 10.0. The molecule has 0 bridgehead atoms. The minimum absolute atomic E-state index is 0.156. The predicted molar refractivity (Wildman–Crippen MR) is 73.3 cm³/mol. The fourth-order valence-corrected chi connectivity index (χ4v) is 2.00. The fraction of sp³-hybridized carbons (Fsp3) is 0.786. The summed E-state index contributed by atoms with van der Waals surface area (Å²) in [7, 11) is 0. The number of aromatic nitrogens is 2. The lowest BCUT2D eigenvalue weighted by molar-refractivity contribution is 0.290. The standard InChI is InChI=1S/C14H27N3/c1-10(2)13(9-15-14(5,6)7)17-12(4)8-11(3)16-17/h8,10,13,15H,9H2,1-7H3. The van der Waals surface area contributed by atoms with E-state index in [1.807, 2.05) is 0 Å². The van der Waals surface area contributed by atoms with Gasteiger partial charge in [-0.05, 0) is 46.6 Å². The molecule has 1 heterocycles. The molecule has 1 rings (SSSR count). The third-order valence-corrected chi connectivity index (χ3v) is 2.97. The van der Waals surface area contributed by atoms with Gasteiger partial charge in [0.15, 0.2) is 0 Å². The van der Waals surface area contributed by atoms with Crippen LogP contribution in [0.15, 0.2) is 6.07 Å². The van der Waals surface area contributed by atoms with Crippen LogP contribution in [0.25, 0.3) is 0 Å². The molecule has 98 valence electrons. The Labute approximate surface area is 106 Å². The first-order valence-electron chi connectivity index (χ1n) is 6.48. The second-order valence-corrected chi connectivity index (χ2v) is 6.31. The molecule has 0 aromatic carbocycles. The molecule has 0 aliphatic rings.